The molecule has 0 N–H and O–H groups in total. The number of halogens is 1. The highest BCUT2D eigenvalue weighted by atomic mass is 19.1. The van der Waals surface area contributed by atoms with Gasteiger partial charge >= 0.3 is 0 Å². The molecule has 1 aliphatic rings. The van der Waals surface area contributed by atoms with Crippen molar-refractivity contribution >= 4 is 5.91 Å². The highest BCUT2D eigenvalue weighted by Gasteiger charge is 2.19. The number of carbonyl (C=O) groups is 1. The van der Waals surface area contributed by atoms with Gasteiger partial charge in [0.1, 0.15) is 5.82 Å². The monoisotopic (exact) mass is 345 g/mol. The summed E-state index contributed by atoms with van der Waals surface area (Å²) in [4.78, 5) is 14.4. The molecule has 6 heteroatoms. The van der Waals surface area contributed by atoms with Crippen LogP contribution in [0.1, 0.15) is 21.5 Å². The van der Waals surface area contributed by atoms with Crippen molar-refractivity contribution in [1.29, 1.82) is 0 Å². The quantitative estimate of drug-likeness (QED) is 0.807. The molecule has 1 amide bonds. The lowest BCUT2D eigenvalue weighted by atomic mass is 10.1. The molecular weight excluding hydrogens is 325 g/mol. The van der Waals surface area contributed by atoms with E-state index in [1.54, 1.807) is 31.1 Å². The van der Waals surface area contributed by atoms with E-state index in [-0.39, 0.29) is 18.5 Å². The van der Waals surface area contributed by atoms with Crippen LogP contribution in [0.2, 0.25) is 0 Å². The molecule has 5 nitrogen and oxygen atoms in total. The van der Waals surface area contributed by atoms with E-state index >= 15 is 0 Å². The zero-order chi connectivity index (χ0) is 17.8. The Morgan fingerprint density at radius 1 is 1.20 bits per heavy atom. The molecule has 0 spiro atoms. The topological polar surface area (TPSA) is 48.0 Å². The molecule has 0 unspecified atom stereocenters. The van der Waals surface area contributed by atoms with Crippen LogP contribution < -0.4 is 9.47 Å². The summed E-state index contributed by atoms with van der Waals surface area (Å²) in [5.41, 5.74) is 1.73. The molecule has 0 fully saturated rings. The van der Waals surface area contributed by atoms with Gasteiger partial charge in [0.2, 0.25) is 6.79 Å². The number of nitrogens with zero attached hydrogens (tertiary/aromatic N) is 1. The van der Waals surface area contributed by atoms with E-state index in [2.05, 4.69) is 0 Å². The predicted molar refractivity (Wildman–Crippen MR) is 90.3 cm³/mol. The Kier molecular flexibility index (Phi) is 5.19. The highest BCUT2D eigenvalue weighted by molar-refractivity contribution is 5.94. The van der Waals surface area contributed by atoms with Crippen LogP contribution in [0.15, 0.2) is 36.4 Å². The number of methoxy groups -OCH3 is 1. The number of rotatable bonds is 6. The van der Waals surface area contributed by atoms with Gasteiger partial charge in [-0.05, 0) is 42.3 Å². The van der Waals surface area contributed by atoms with E-state index in [9.17, 15) is 9.18 Å². The summed E-state index contributed by atoms with van der Waals surface area (Å²) < 4.78 is 29.6. The van der Waals surface area contributed by atoms with E-state index in [0.717, 1.165) is 5.56 Å². The number of amides is 1. The van der Waals surface area contributed by atoms with Crippen molar-refractivity contribution in [2.45, 2.75) is 13.5 Å². The summed E-state index contributed by atoms with van der Waals surface area (Å²) in [6.07, 6.45) is 0. The fraction of sp³-hybridized carbons (Fsp3) is 0.316. The fourth-order valence-electron chi connectivity index (χ4n) is 2.62. The van der Waals surface area contributed by atoms with E-state index in [4.69, 9.17) is 14.2 Å². The van der Waals surface area contributed by atoms with Gasteiger partial charge in [-0.2, -0.15) is 0 Å². The van der Waals surface area contributed by atoms with Crippen LogP contribution in [0.3, 0.4) is 0 Å². The Labute approximate surface area is 145 Å². The third kappa shape index (κ3) is 3.91. The first-order chi connectivity index (χ1) is 12.1. The number of fused-ring (bicyclic) bond motifs is 1. The number of aryl methyl sites for hydroxylation is 1. The normalized spacial score (nSPS) is 12.3. The first-order valence-electron chi connectivity index (χ1n) is 8.01. The van der Waals surface area contributed by atoms with E-state index < -0.39 is 0 Å². The van der Waals surface area contributed by atoms with Gasteiger partial charge in [-0.25, -0.2) is 4.39 Å². The van der Waals surface area contributed by atoms with Crippen molar-refractivity contribution in [3.63, 3.8) is 0 Å². The molecule has 1 aliphatic heterocycles. The largest absolute Gasteiger partial charge is 0.454 e. The van der Waals surface area contributed by atoms with Crippen molar-refractivity contribution < 1.29 is 23.4 Å². The van der Waals surface area contributed by atoms with Gasteiger partial charge in [0.15, 0.2) is 11.5 Å². The lowest BCUT2D eigenvalue weighted by Crippen LogP contribution is -2.33. The van der Waals surface area contributed by atoms with E-state index in [0.29, 0.717) is 42.3 Å². The van der Waals surface area contributed by atoms with Crippen molar-refractivity contribution in [2.75, 3.05) is 27.1 Å². The lowest BCUT2D eigenvalue weighted by molar-refractivity contribution is 0.0679. The van der Waals surface area contributed by atoms with Crippen LogP contribution in [0, 0.1) is 12.7 Å². The Balaban J connectivity index is 1.81. The molecule has 0 radical (unpaired) electrons. The minimum absolute atomic E-state index is 0.202. The summed E-state index contributed by atoms with van der Waals surface area (Å²) in [5.74, 6) is 0.728. The Morgan fingerprint density at radius 3 is 2.76 bits per heavy atom. The molecular formula is C19H20FNO4. The Hall–Kier alpha value is -2.60. The highest BCUT2D eigenvalue weighted by Crippen LogP contribution is 2.32. The summed E-state index contributed by atoms with van der Waals surface area (Å²) >= 11 is 0. The number of hydrogen-bond acceptors (Lipinski definition) is 4. The standard InChI is InChI=1S/C19H20FNO4/c1-13-3-5-15(10-16(13)20)19(22)21(7-8-23-2)11-14-4-6-17-18(9-14)25-12-24-17/h3-6,9-10H,7-8,11-12H2,1-2H3. The SMILES string of the molecule is COCCN(Cc1ccc2c(c1)OCO2)C(=O)c1ccc(C)c(F)c1. The van der Waals surface area contributed by atoms with Crippen LogP contribution in [0.5, 0.6) is 11.5 Å². The maximum absolute atomic E-state index is 13.8. The van der Waals surface area contributed by atoms with Gasteiger partial charge in [0.05, 0.1) is 6.61 Å². The van der Waals surface area contributed by atoms with Crippen molar-refractivity contribution in [3.05, 3.63) is 58.9 Å². The molecule has 0 aromatic heterocycles. The summed E-state index contributed by atoms with van der Waals surface area (Å²) in [6.45, 7) is 3.03. The minimum Gasteiger partial charge on any atom is -0.454 e. The van der Waals surface area contributed by atoms with Gasteiger partial charge in [0, 0.05) is 25.8 Å². The maximum atomic E-state index is 13.8. The average Bonchev–Trinajstić information content (AvgIpc) is 3.08. The first-order valence-corrected chi connectivity index (χ1v) is 8.01. The zero-order valence-electron chi connectivity index (χ0n) is 14.3. The van der Waals surface area contributed by atoms with Crippen LogP contribution in [-0.2, 0) is 11.3 Å². The average molecular weight is 345 g/mol. The summed E-state index contributed by atoms with van der Waals surface area (Å²) in [6, 6.07) is 10.1. The van der Waals surface area contributed by atoms with Gasteiger partial charge < -0.3 is 19.1 Å². The first kappa shape index (κ1) is 17.2. The van der Waals surface area contributed by atoms with E-state index in [1.807, 2.05) is 18.2 Å². The zero-order valence-corrected chi connectivity index (χ0v) is 14.3. The molecule has 0 aliphatic carbocycles. The number of hydrogen-bond donors (Lipinski definition) is 0. The maximum Gasteiger partial charge on any atom is 0.254 e. The molecule has 2 aromatic carbocycles. The molecule has 2 aromatic rings. The number of carbonyl (C=O) groups excluding carboxylic acids is 1. The van der Waals surface area contributed by atoms with Crippen molar-refractivity contribution in [2.24, 2.45) is 0 Å². The summed E-state index contributed by atoms with van der Waals surface area (Å²) in [7, 11) is 1.58. The molecule has 0 atom stereocenters. The second kappa shape index (κ2) is 7.53. The van der Waals surface area contributed by atoms with Gasteiger partial charge in [-0.3, -0.25) is 4.79 Å². The van der Waals surface area contributed by atoms with Crippen LogP contribution in [0.25, 0.3) is 0 Å². The fourth-order valence-corrected chi connectivity index (χ4v) is 2.62. The van der Waals surface area contributed by atoms with Gasteiger partial charge in [-0.1, -0.05) is 12.1 Å². The minimum atomic E-state index is -0.388. The van der Waals surface area contributed by atoms with Gasteiger partial charge in [-0.15, -0.1) is 0 Å². The Morgan fingerprint density at radius 2 is 2.00 bits per heavy atom. The van der Waals surface area contributed by atoms with E-state index in [1.165, 1.54) is 6.07 Å². The van der Waals surface area contributed by atoms with Gasteiger partial charge in [0.25, 0.3) is 5.91 Å². The van der Waals surface area contributed by atoms with Crippen LogP contribution in [0.4, 0.5) is 4.39 Å². The van der Waals surface area contributed by atoms with Crippen LogP contribution in [-0.4, -0.2) is 37.9 Å². The summed E-state index contributed by atoms with van der Waals surface area (Å²) in [5, 5.41) is 0. The molecule has 0 saturated carbocycles. The smallest absolute Gasteiger partial charge is 0.254 e. The molecule has 132 valence electrons. The molecule has 1 heterocycles. The van der Waals surface area contributed by atoms with Crippen LogP contribution >= 0.6 is 0 Å². The second-order valence-electron chi connectivity index (χ2n) is 5.87. The van der Waals surface area contributed by atoms with Crippen molar-refractivity contribution in [1.82, 2.24) is 4.90 Å². The molecule has 3 rings (SSSR count). The third-order valence-corrected chi connectivity index (χ3v) is 4.08. The van der Waals surface area contributed by atoms with Crippen molar-refractivity contribution in [3.8, 4) is 11.5 Å². The second-order valence-corrected chi connectivity index (χ2v) is 5.87. The lowest BCUT2D eigenvalue weighted by Gasteiger charge is -2.23. The molecule has 0 saturated heterocycles. The number of ether oxygens (including phenoxy) is 3. The Bertz CT molecular complexity index is 778. The number of benzene rings is 2. The predicted octanol–water partition coefficient (Wildman–Crippen LogP) is 3.15. The molecule has 0 bridgehead atoms. The third-order valence-electron chi connectivity index (χ3n) is 4.08. The molecule has 25 heavy (non-hydrogen) atoms.